The molecule has 0 radical (unpaired) electrons. The number of hydrogen-bond acceptors (Lipinski definition) is 4. The van der Waals surface area contributed by atoms with E-state index in [0.717, 1.165) is 18.2 Å². The number of rotatable bonds is 6. The summed E-state index contributed by atoms with van der Waals surface area (Å²) >= 11 is 0.904. The molecule has 0 aliphatic carbocycles. The molecule has 0 saturated carbocycles. The molecular formula is C12H13F2N3O2S. The molecule has 0 amide bonds. The van der Waals surface area contributed by atoms with Gasteiger partial charge in [0, 0.05) is 23.7 Å². The number of fused-ring (bicyclic) bond motifs is 1. The number of nitrogens with zero attached hydrogens (tertiary/aromatic N) is 3. The molecule has 0 aromatic carbocycles. The predicted octanol–water partition coefficient (Wildman–Crippen LogP) is 2.96. The van der Waals surface area contributed by atoms with E-state index in [0.29, 0.717) is 11.9 Å². The van der Waals surface area contributed by atoms with Gasteiger partial charge in [0.2, 0.25) is 0 Å². The van der Waals surface area contributed by atoms with Crippen LogP contribution in [0.2, 0.25) is 0 Å². The number of alkyl halides is 2. The Hall–Kier alpha value is -1.70. The minimum atomic E-state index is -2.65. The third kappa shape index (κ3) is 3.24. The van der Waals surface area contributed by atoms with Crippen molar-refractivity contribution in [3.63, 3.8) is 0 Å². The van der Waals surface area contributed by atoms with Gasteiger partial charge in [-0.1, -0.05) is 18.7 Å². The van der Waals surface area contributed by atoms with Gasteiger partial charge in [-0.3, -0.25) is 9.48 Å². The van der Waals surface area contributed by atoms with Crippen molar-refractivity contribution >= 4 is 28.8 Å². The standard InChI is InChI=1S/C12H13F2N3O2S/c1-2-3-17-5-8-7(11(13)14)4-9(15-12(8)16-17)20-6-10(18)19/h4-5,11H,2-3,6H2,1H3,(H,18,19). The molecule has 1 N–H and O–H groups in total. The summed E-state index contributed by atoms with van der Waals surface area (Å²) in [5.41, 5.74) is 0.0642. The first kappa shape index (κ1) is 14.7. The summed E-state index contributed by atoms with van der Waals surface area (Å²) in [5.74, 6) is -1.25. The molecule has 2 aromatic rings. The van der Waals surface area contributed by atoms with E-state index in [2.05, 4.69) is 10.1 Å². The van der Waals surface area contributed by atoms with Crippen molar-refractivity contribution in [1.82, 2.24) is 14.8 Å². The fourth-order valence-corrected chi connectivity index (χ4v) is 2.41. The van der Waals surface area contributed by atoms with Crippen molar-refractivity contribution in [1.29, 1.82) is 0 Å². The number of halogens is 2. The van der Waals surface area contributed by atoms with Crippen molar-refractivity contribution in [2.24, 2.45) is 0 Å². The lowest BCUT2D eigenvalue weighted by Crippen LogP contribution is -1.99. The highest BCUT2D eigenvalue weighted by Crippen LogP contribution is 2.30. The zero-order chi connectivity index (χ0) is 14.7. The van der Waals surface area contributed by atoms with E-state index in [-0.39, 0.29) is 22.0 Å². The molecule has 0 fully saturated rings. The fraction of sp³-hybridized carbons (Fsp3) is 0.417. The number of aliphatic carboxylic acids is 1. The molecule has 0 unspecified atom stereocenters. The summed E-state index contributed by atoms with van der Waals surface area (Å²) in [6.07, 6.45) is -0.263. The molecule has 0 saturated heterocycles. The Morgan fingerprint density at radius 2 is 2.30 bits per heavy atom. The van der Waals surface area contributed by atoms with E-state index >= 15 is 0 Å². The Labute approximate surface area is 118 Å². The van der Waals surface area contributed by atoms with E-state index in [9.17, 15) is 13.6 Å². The number of aryl methyl sites for hydroxylation is 1. The van der Waals surface area contributed by atoms with Crippen molar-refractivity contribution in [2.45, 2.75) is 31.3 Å². The first-order chi connectivity index (χ1) is 9.51. The Morgan fingerprint density at radius 3 is 2.90 bits per heavy atom. The first-order valence-corrected chi connectivity index (χ1v) is 7.00. The number of hydrogen-bond donors (Lipinski definition) is 1. The molecule has 0 atom stereocenters. The van der Waals surface area contributed by atoms with Crippen molar-refractivity contribution < 1.29 is 18.7 Å². The zero-order valence-corrected chi connectivity index (χ0v) is 11.5. The van der Waals surface area contributed by atoms with Gasteiger partial charge in [0.1, 0.15) is 0 Å². The van der Waals surface area contributed by atoms with Crippen LogP contribution < -0.4 is 0 Å². The lowest BCUT2D eigenvalue weighted by Gasteiger charge is -2.03. The smallest absolute Gasteiger partial charge is 0.313 e. The van der Waals surface area contributed by atoms with Crippen LogP contribution in [0.5, 0.6) is 0 Å². The molecule has 108 valence electrons. The SMILES string of the molecule is CCCn1cc2c(C(F)F)cc(SCC(=O)O)nc2n1. The van der Waals surface area contributed by atoms with Crippen molar-refractivity contribution in [3.05, 3.63) is 17.8 Å². The largest absolute Gasteiger partial charge is 0.481 e. The second kappa shape index (κ2) is 6.17. The quantitative estimate of drug-likeness (QED) is 0.831. The van der Waals surface area contributed by atoms with Gasteiger partial charge in [-0.25, -0.2) is 13.8 Å². The van der Waals surface area contributed by atoms with Crippen LogP contribution in [-0.4, -0.2) is 31.6 Å². The normalized spacial score (nSPS) is 11.4. The van der Waals surface area contributed by atoms with Crippen LogP contribution in [0.15, 0.2) is 17.3 Å². The number of thioether (sulfide) groups is 1. The molecule has 0 aliphatic rings. The Bertz CT molecular complexity index is 630. The van der Waals surface area contributed by atoms with E-state index in [1.807, 2.05) is 6.92 Å². The second-order valence-corrected chi connectivity index (χ2v) is 5.16. The number of carbonyl (C=O) groups is 1. The van der Waals surface area contributed by atoms with Crippen LogP contribution in [0.25, 0.3) is 11.0 Å². The van der Waals surface area contributed by atoms with Gasteiger partial charge in [0.15, 0.2) is 5.65 Å². The highest BCUT2D eigenvalue weighted by Gasteiger charge is 2.17. The minimum absolute atomic E-state index is 0.162. The third-order valence-corrected chi connectivity index (χ3v) is 3.48. The first-order valence-electron chi connectivity index (χ1n) is 6.02. The molecule has 5 nitrogen and oxygen atoms in total. The summed E-state index contributed by atoms with van der Waals surface area (Å²) in [6.45, 7) is 2.58. The number of pyridine rings is 1. The maximum absolute atomic E-state index is 13.1. The molecule has 2 aromatic heterocycles. The van der Waals surface area contributed by atoms with Gasteiger partial charge in [-0.2, -0.15) is 5.10 Å². The number of aromatic nitrogens is 3. The summed E-state index contributed by atoms with van der Waals surface area (Å²) in [7, 11) is 0. The summed E-state index contributed by atoms with van der Waals surface area (Å²) in [4.78, 5) is 14.7. The second-order valence-electron chi connectivity index (χ2n) is 4.16. The minimum Gasteiger partial charge on any atom is -0.481 e. The molecule has 0 spiro atoms. The molecule has 2 heterocycles. The summed E-state index contributed by atoms with van der Waals surface area (Å²) in [6, 6.07) is 1.23. The lowest BCUT2D eigenvalue weighted by atomic mass is 10.2. The van der Waals surface area contributed by atoms with Crippen molar-refractivity contribution in [2.75, 3.05) is 5.75 Å². The topological polar surface area (TPSA) is 68.0 Å². The summed E-state index contributed by atoms with van der Waals surface area (Å²) in [5, 5.41) is 13.3. The van der Waals surface area contributed by atoms with Gasteiger partial charge in [0.25, 0.3) is 6.43 Å². The molecule has 8 heteroatoms. The summed E-state index contributed by atoms with van der Waals surface area (Å²) < 4.78 is 27.7. The molecular weight excluding hydrogens is 288 g/mol. The average molecular weight is 301 g/mol. The molecule has 2 rings (SSSR count). The monoisotopic (exact) mass is 301 g/mol. The predicted molar refractivity (Wildman–Crippen MR) is 71.1 cm³/mol. The lowest BCUT2D eigenvalue weighted by molar-refractivity contribution is -0.133. The van der Waals surface area contributed by atoms with Crippen LogP contribution in [-0.2, 0) is 11.3 Å². The van der Waals surface area contributed by atoms with Gasteiger partial charge >= 0.3 is 5.97 Å². The highest BCUT2D eigenvalue weighted by atomic mass is 32.2. The molecule has 0 bridgehead atoms. The number of carboxylic acids is 1. The maximum Gasteiger partial charge on any atom is 0.313 e. The third-order valence-electron chi connectivity index (χ3n) is 2.58. The van der Waals surface area contributed by atoms with Gasteiger partial charge in [-0.15, -0.1) is 0 Å². The Kier molecular flexibility index (Phi) is 4.53. The van der Waals surface area contributed by atoms with Crippen molar-refractivity contribution in [3.8, 4) is 0 Å². The fourth-order valence-electron chi connectivity index (χ4n) is 1.78. The molecule has 20 heavy (non-hydrogen) atoms. The van der Waals surface area contributed by atoms with Crippen LogP contribution in [0.4, 0.5) is 8.78 Å². The van der Waals surface area contributed by atoms with Crippen LogP contribution in [0.1, 0.15) is 25.3 Å². The van der Waals surface area contributed by atoms with Crippen LogP contribution >= 0.6 is 11.8 Å². The van der Waals surface area contributed by atoms with E-state index in [1.54, 1.807) is 10.9 Å². The molecule has 0 aliphatic heterocycles. The van der Waals surface area contributed by atoms with E-state index in [1.165, 1.54) is 6.07 Å². The van der Waals surface area contributed by atoms with Gasteiger partial charge in [0.05, 0.1) is 10.8 Å². The van der Waals surface area contributed by atoms with Gasteiger partial charge < -0.3 is 5.11 Å². The van der Waals surface area contributed by atoms with Gasteiger partial charge in [-0.05, 0) is 12.5 Å². The highest BCUT2D eigenvalue weighted by molar-refractivity contribution is 7.99. The van der Waals surface area contributed by atoms with Crippen LogP contribution in [0.3, 0.4) is 0 Å². The Morgan fingerprint density at radius 1 is 1.55 bits per heavy atom. The Balaban J connectivity index is 2.43. The zero-order valence-electron chi connectivity index (χ0n) is 10.7. The number of carboxylic acid groups (broad SMARTS) is 1. The maximum atomic E-state index is 13.1. The van der Waals surface area contributed by atoms with E-state index < -0.39 is 12.4 Å². The van der Waals surface area contributed by atoms with E-state index in [4.69, 9.17) is 5.11 Å². The van der Waals surface area contributed by atoms with Crippen LogP contribution in [0, 0.1) is 0 Å². The average Bonchev–Trinajstić information content (AvgIpc) is 2.77.